The molecule has 0 aliphatic rings. The van der Waals surface area contributed by atoms with E-state index in [1.807, 2.05) is 29.8 Å². The zero-order chi connectivity index (χ0) is 15.7. The Morgan fingerprint density at radius 2 is 1.86 bits per heavy atom. The maximum atomic E-state index is 12.7. The molecule has 0 saturated heterocycles. The summed E-state index contributed by atoms with van der Waals surface area (Å²) < 4.78 is 12.8. The van der Waals surface area contributed by atoms with Gasteiger partial charge in [-0.25, -0.2) is 4.79 Å². The second-order valence-corrected chi connectivity index (χ2v) is 4.83. The number of fused-ring (bicyclic) bond motifs is 2. The number of aromatic nitrogens is 2. The fourth-order valence-corrected chi connectivity index (χ4v) is 2.47. The molecular formula is C16H15N2O4+. The molecule has 6 nitrogen and oxygen atoms in total. The predicted octanol–water partition coefficient (Wildman–Crippen LogP) is 1.80. The van der Waals surface area contributed by atoms with Crippen LogP contribution in [0.2, 0.25) is 0 Å². The van der Waals surface area contributed by atoms with E-state index in [1.165, 1.54) is 7.11 Å². The third kappa shape index (κ3) is 2.18. The highest BCUT2D eigenvalue weighted by atomic mass is 16.6. The van der Waals surface area contributed by atoms with Gasteiger partial charge in [0.05, 0.1) is 11.5 Å². The Balaban J connectivity index is 2.27. The van der Waals surface area contributed by atoms with Crippen molar-refractivity contribution in [1.29, 1.82) is 0 Å². The molecule has 0 saturated carbocycles. The molecule has 2 aromatic carbocycles. The highest BCUT2D eigenvalue weighted by Crippen LogP contribution is 2.24. The van der Waals surface area contributed by atoms with Crippen molar-refractivity contribution in [3.05, 3.63) is 47.4 Å². The highest BCUT2D eigenvalue weighted by molar-refractivity contribution is 5.86. The SMILES string of the molecule is COC(=O)COc1cccc2c1[n+](=O)c1ccccc1n2C. The third-order valence-electron chi connectivity index (χ3n) is 3.58. The molecule has 3 aromatic rings. The van der Waals surface area contributed by atoms with Gasteiger partial charge in [0.2, 0.25) is 0 Å². The van der Waals surface area contributed by atoms with Crippen LogP contribution in [0, 0.1) is 4.91 Å². The van der Waals surface area contributed by atoms with Crippen molar-refractivity contribution >= 4 is 28.0 Å². The molecule has 0 aliphatic carbocycles. The predicted molar refractivity (Wildman–Crippen MR) is 81.3 cm³/mol. The smallest absolute Gasteiger partial charge is 0.343 e. The lowest BCUT2D eigenvalue weighted by Gasteiger charge is -2.08. The van der Waals surface area contributed by atoms with Crippen LogP contribution in [0.5, 0.6) is 5.75 Å². The number of benzene rings is 2. The molecule has 1 heterocycles. The second-order valence-electron chi connectivity index (χ2n) is 4.83. The van der Waals surface area contributed by atoms with Crippen LogP contribution in [-0.4, -0.2) is 24.3 Å². The number of carbonyl (C=O) groups is 1. The summed E-state index contributed by atoms with van der Waals surface area (Å²) in [7, 11) is 3.17. The molecule has 112 valence electrons. The zero-order valence-electron chi connectivity index (χ0n) is 12.3. The van der Waals surface area contributed by atoms with Gasteiger partial charge in [-0.15, -0.1) is 0 Å². The van der Waals surface area contributed by atoms with E-state index in [0.717, 1.165) is 15.5 Å². The van der Waals surface area contributed by atoms with Crippen LogP contribution in [0.3, 0.4) is 0 Å². The van der Waals surface area contributed by atoms with Crippen molar-refractivity contribution in [2.75, 3.05) is 13.7 Å². The summed E-state index contributed by atoms with van der Waals surface area (Å²) in [6.07, 6.45) is 0. The van der Waals surface area contributed by atoms with Crippen molar-refractivity contribution in [3.63, 3.8) is 0 Å². The number of esters is 1. The number of ether oxygens (including phenoxy) is 2. The number of aryl methyl sites for hydroxylation is 1. The van der Waals surface area contributed by atoms with Crippen molar-refractivity contribution in [2.24, 2.45) is 7.05 Å². The minimum Gasteiger partial charge on any atom is -0.475 e. The average molecular weight is 299 g/mol. The maximum Gasteiger partial charge on any atom is 0.343 e. The van der Waals surface area contributed by atoms with Crippen LogP contribution in [0.1, 0.15) is 0 Å². The van der Waals surface area contributed by atoms with Crippen LogP contribution in [0.15, 0.2) is 42.5 Å². The molecule has 3 rings (SSSR count). The minimum absolute atomic E-state index is 0.244. The van der Waals surface area contributed by atoms with E-state index in [2.05, 4.69) is 4.74 Å². The van der Waals surface area contributed by atoms with Crippen LogP contribution < -0.4 is 9.16 Å². The Labute approximate surface area is 126 Å². The summed E-state index contributed by atoms with van der Waals surface area (Å²) in [5.41, 5.74) is 2.45. The standard InChI is InChI=1S/C16H15N2O4/c1-17-11-6-3-4-7-12(11)18(20)16-13(17)8-5-9-14(16)22-10-15(19)21-2/h3-9H,10H2,1-2H3/q+1. The monoisotopic (exact) mass is 299 g/mol. The normalized spacial score (nSPS) is 10.8. The van der Waals surface area contributed by atoms with Gasteiger partial charge in [-0.1, -0.05) is 18.2 Å². The summed E-state index contributed by atoms with van der Waals surface area (Å²) in [4.78, 5) is 23.9. The lowest BCUT2D eigenvalue weighted by atomic mass is 10.2. The summed E-state index contributed by atoms with van der Waals surface area (Å²) in [6.45, 7) is -0.244. The first-order chi connectivity index (χ1) is 10.6. The molecule has 0 amide bonds. The fraction of sp³-hybridized carbons (Fsp3) is 0.188. The number of rotatable bonds is 3. The Kier molecular flexibility index (Phi) is 3.50. The molecule has 6 heteroatoms. The van der Waals surface area contributed by atoms with Gasteiger partial charge in [0.1, 0.15) is 11.0 Å². The molecule has 0 bridgehead atoms. The Morgan fingerprint density at radius 1 is 1.14 bits per heavy atom. The topological polar surface area (TPSA) is 63.4 Å². The van der Waals surface area contributed by atoms with Gasteiger partial charge in [0.25, 0.3) is 5.52 Å². The summed E-state index contributed by atoms with van der Waals surface area (Å²) in [5, 5.41) is 0. The molecule has 0 N–H and O–H groups in total. The first-order valence-electron chi connectivity index (χ1n) is 6.76. The van der Waals surface area contributed by atoms with Gasteiger partial charge < -0.3 is 14.0 Å². The number of hydrogen-bond donors (Lipinski definition) is 0. The van der Waals surface area contributed by atoms with Crippen LogP contribution >= 0.6 is 0 Å². The minimum atomic E-state index is -0.500. The largest absolute Gasteiger partial charge is 0.475 e. The molecule has 0 unspecified atom stereocenters. The molecular weight excluding hydrogens is 284 g/mol. The molecule has 0 fully saturated rings. The molecule has 1 aromatic heterocycles. The van der Waals surface area contributed by atoms with Gasteiger partial charge >= 0.3 is 11.5 Å². The molecule has 0 aliphatic heterocycles. The Morgan fingerprint density at radius 3 is 2.64 bits per heavy atom. The number of nitrogens with zero attached hydrogens (tertiary/aromatic N) is 2. The molecule has 0 spiro atoms. The van der Waals surface area contributed by atoms with E-state index in [0.29, 0.717) is 16.8 Å². The Hall–Kier alpha value is -2.89. The summed E-state index contributed by atoms with van der Waals surface area (Å²) >= 11 is 0. The lowest BCUT2D eigenvalue weighted by molar-refractivity contribution is -0.433. The molecule has 0 radical (unpaired) electrons. The van der Waals surface area contributed by atoms with Crippen molar-refractivity contribution in [1.82, 2.24) is 4.57 Å². The number of carbonyl (C=O) groups excluding carboxylic acids is 1. The van der Waals surface area contributed by atoms with Gasteiger partial charge in [-0.3, -0.25) is 0 Å². The maximum absolute atomic E-state index is 12.7. The van der Waals surface area contributed by atoms with Gasteiger partial charge in [0, 0.05) is 18.0 Å². The number of methoxy groups -OCH3 is 1. The first kappa shape index (κ1) is 14.1. The van der Waals surface area contributed by atoms with E-state index < -0.39 is 5.97 Å². The third-order valence-corrected chi connectivity index (χ3v) is 3.58. The first-order valence-corrected chi connectivity index (χ1v) is 6.76. The molecule has 22 heavy (non-hydrogen) atoms. The van der Waals surface area contributed by atoms with Crippen molar-refractivity contribution in [3.8, 4) is 5.75 Å². The quantitative estimate of drug-likeness (QED) is 0.420. The van der Waals surface area contributed by atoms with E-state index in [-0.39, 0.29) is 6.61 Å². The zero-order valence-corrected chi connectivity index (χ0v) is 12.3. The number of hydrogen-bond acceptors (Lipinski definition) is 4. The van der Waals surface area contributed by atoms with E-state index in [1.54, 1.807) is 24.3 Å². The van der Waals surface area contributed by atoms with Crippen molar-refractivity contribution < 1.29 is 18.7 Å². The van der Waals surface area contributed by atoms with E-state index >= 15 is 0 Å². The fourth-order valence-electron chi connectivity index (χ4n) is 2.47. The lowest BCUT2D eigenvalue weighted by Crippen LogP contribution is -2.22. The van der Waals surface area contributed by atoms with Gasteiger partial charge in [-0.2, -0.15) is 0 Å². The second kappa shape index (κ2) is 5.48. The average Bonchev–Trinajstić information content (AvgIpc) is 2.57. The van der Waals surface area contributed by atoms with Gasteiger partial charge in [-0.05, 0) is 18.2 Å². The van der Waals surface area contributed by atoms with Crippen molar-refractivity contribution in [2.45, 2.75) is 0 Å². The Bertz CT molecular complexity index is 930. The van der Waals surface area contributed by atoms with E-state index in [4.69, 9.17) is 4.74 Å². The van der Waals surface area contributed by atoms with Crippen LogP contribution in [0.4, 0.5) is 0 Å². The van der Waals surface area contributed by atoms with E-state index in [9.17, 15) is 9.70 Å². The van der Waals surface area contributed by atoms with Crippen LogP contribution in [0.25, 0.3) is 22.1 Å². The van der Waals surface area contributed by atoms with Crippen LogP contribution in [-0.2, 0) is 16.6 Å². The highest BCUT2D eigenvalue weighted by Gasteiger charge is 2.21. The summed E-state index contributed by atoms with van der Waals surface area (Å²) in [6, 6.07) is 12.6. The molecule has 0 atom stereocenters. The number of para-hydroxylation sites is 3. The van der Waals surface area contributed by atoms with Gasteiger partial charge in [0.15, 0.2) is 12.4 Å². The summed E-state index contributed by atoms with van der Waals surface area (Å²) in [5.74, 6) is -0.154.